The number of ketones is 1. The lowest BCUT2D eigenvalue weighted by molar-refractivity contribution is -0.112. The Labute approximate surface area is 96.6 Å². The molecule has 0 N–H and O–H groups in total. The normalized spacial score (nSPS) is 22.4. The van der Waals surface area contributed by atoms with E-state index >= 15 is 0 Å². The third kappa shape index (κ3) is 2.16. The second-order valence-electron chi connectivity index (χ2n) is 4.46. The van der Waals surface area contributed by atoms with Crippen molar-refractivity contribution in [2.24, 2.45) is 0 Å². The van der Waals surface area contributed by atoms with Crippen LogP contribution in [0, 0.1) is 0 Å². The predicted molar refractivity (Wildman–Crippen MR) is 65.9 cm³/mol. The van der Waals surface area contributed by atoms with Crippen LogP contribution in [0.15, 0.2) is 47.2 Å². The molecular weight excluding hydrogens is 198 g/mol. The number of rotatable bonds is 1. The topological polar surface area (TPSA) is 20.3 Å². The SMILES string of the molecule is CN(C)C=C1CCC2=C(C=CC=CC2)C1=O. The molecule has 0 saturated carbocycles. The quantitative estimate of drug-likeness (QED) is 0.627. The molecule has 0 radical (unpaired) electrons. The number of hydrogen-bond acceptors (Lipinski definition) is 2. The Morgan fingerprint density at radius 2 is 2.06 bits per heavy atom. The van der Waals surface area contributed by atoms with E-state index in [4.69, 9.17) is 0 Å². The van der Waals surface area contributed by atoms with Crippen LogP contribution in [-0.4, -0.2) is 24.8 Å². The standard InChI is InChI=1S/C14H17NO/c1-15(2)10-12-9-8-11-6-4-3-5-7-13(11)14(12)16/h3-5,7,10H,6,8-9H2,1-2H3. The molecule has 0 aliphatic heterocycles. The number of allylic oxidation sites excluding steroid dienone is 7. The van der Waals surface area contributed by atoms with Crippen LogP contribution < -0.4 is 0 Å². The molecule has 0 aromatic rings. The van der Waals surface area contributed by atoms with Gasteiger partial charge in [-0.25, -0.2) is 0 Å². The number of Topliss-reactive ketones (excluding diaryl/α,β-unsaturated/α-hetero) is 1. The van der Waals surface area contributed by atoms with Crippen molar-refractivity contribution in [1.29, 1.82) is 0 Å². The van der Waals surface area contributed by atoms with Gasteiger partial charge in [0.05, 0.1) is 0 Å². The summed E-state index contributed by atoms with van der Waals surface area (Å²) in [6.45, 7) is 0. The fourth-order valence-corrected chi connectivity index (χ4v) is 2.15. The molecule has 0 aromatic heterocycles. The van der Waals surface area contributed by atoms with Crippen molar-refractivity contribution in [3.05, 3.63) is 47.2 Å². The van der Waals surface area contributed by atoms with Crippen LogP contribution in [0.1, 0.15) is 19.3 Å². The first kappa shape index (κ1) is 10.9. The summed E-state index contributed by atoms with van der Waals surface area (Å²) in [5, 5.41) is 0. The first-order valence-corrected chi connectivity index (χ1v) is 5.65. The number of carbonyl (C=O) groups is 1. The van der Waals surface area contributed by atoms with Crippen LogP contribution in [0.2, 0.25) is 0 Å². The van der Waals surface area contributed by atoms with Gasteiger partial charge in [0.2, 0.25) is 0 Å². The lowest BCUT2D eigenvalue weighted by Gasteiger charge is -2.19. The van der Waals surface area contributed by atoms with Crippen molar-refractivity contribution in [3.8, 4) is 0 Å². The smallest absolute Gasteiger partial charge is 0.190 e. The average molecular weight is 215 g/mol. The van der Waals surface area contributed by atoms with Gasteiger partial charge >= 0.3 is 0 Å². The highest BCUT2D eigenvalue weighted by atomic mass is 16.1. The second-order valence-corrected chi connectivity index (χ2v) is 4.46. The van der Waals surface area contributed by atoms with Crippen LogP contribution in [0.3, 0.4) is 0 Å². The third-order valence-corrected chi connectivity index (χ3v) is 2.90. The Morgan fingerprint density at radius 1 is 1.25 bits per heavy atom. The molecule has 16 heavy (non-hydrogen) atoms. The summed E-state index contributed by atoms with van der Waals surface area (Å²) in [5.41, 5.74) is 3.12. The number of carbonyl (C=O) groups excluding carboxylic acids is 1. The van der Waals surface area contributed by atoms with Crippen molar-refractivity contribution in [3.63, 3.8) is 0 Å². The maximum Gasteiger partial charge on any atom is 0.190 e. The van der Waals surface area contributed by atoms with E-state index in [-0.39, 0.29) is 5.78 Å². The summed E-state index contributed by atoms with van der Waals surface area (Å²) in [6, 6.07) is 0. The summed E-state index contributed by atoms with van der Waals surface area (Å²) in [7, 11) is 3.91. The summed E-state index contributed by atoms with van der Waals surface area (Å²) in [5.74, 6) is 0.204. The minimum absolute atomic E-state index is 0.204. The van der Waals surface area contributed by atoms with E-state index in [9.17, 15) is 4.79 Å². The fraction of sp³-hybridized carbons (Fsp3) is 0.357. The molecule has 2 aliphatic carbocycles. The largest absolute Gasteiger partial charge is 0.383 e. The molecule has 2 heteroatoms. The Kier molecular flexibility index (Phi) is 3.09. The minimum atomic E-state index is 0.204. The van der Waals surface area contributed by atoms with Gasteiger partial charge in [0.1, 0.15) is 0 Å². The molecule has 0 fully saturated rings. The van der Waals surface area contributed by atoms with E-state index in [2.05, 4.69) is 6.08 Å². The minimum Gasteiger partial charge on any atom is -0.383 e. The Hall–Kier alpha value is -1.57. The van der Waals surface area contributed by atoms with Crippen LogP contribution in [-0.2, 0) is 4.79 Å². The van der Waals surface area contributed by atoms with Gasteiger partial charge in [-0.2, -0.15) is 0 Å². The predicted octanol–water partition coefficient (Wildman–Crippen LogP) is 2.61. The van der Waals surface area contributed by atoms with E-state index in [0.717, 1.165) is 30.4 Å². The zero-order chi connectivity index (χ0) is 11.5. The summed E-state index contributed by atoms with van der Waals surface area (Å²) < 4.78 is 0. The van der Waals surface area contributed by atoms with Crippen molar-refractivity contribution in [1.82, 2.24) is 4.90 Å². The van der Waals surface area contributed by atoms with E-state index in [0.29, 0.717) is 0 Å². The lowest BCUT2D eigenvalue weighted by Crippen LogP contribution is -2.16. The lowest BCUT2D eigenvalue weighted by atomic mass is 9.86. The number of hydrogen-bond donors (Lipinski definition) is 0. The highest BCUT2D eigenvalue weighted by Gasteiger charge is 2.22. The van der Waals surface area contributed by atoms with Crippen LogP contribution >= 0.6 is 0 Å². The van der Waals surface area contributed by atoms with E-state index in [1.54, 1.807) is 0 Å². The molecule has 0 heterocycles. The second kappa shape index (κ2) is 4.52. The molecule has 0 unspecified atom stereocenters. The van der Waals surface area contributed by atoms with E-state index in [1.807, 2.05) is 43.4 Å². The molecule has 2 rings (SSSR count). The van der Waals surface area contributed by atoms with Gasteiger partial charge in [-0.15, -0.1) is 0 Å². The van der Waals surface area contributed by atoms with Crippen molar-refractivity contribution in [2.45, 2.75) is 19.3 Å². The van der Waals surface area contributed by atoms with Crippen LogP contribution in [0.25, 0.3) is 0 Å². The number of nitrogens with zero attached hydrogens (tertiary/aromatic N) is 1. The first-order chi connectivity index (χ1) is 7.68. The van der Waals surface area contributed by atoms with Gasteiger partial charge in [-0.05, 0) is 19.3 Å². The fourth-order valence-electron chi connectivity index (χ4n) is 2.15. The molecule has 0 spiro atoms. The molecule has 2 nitrogen and oxygen atoms in total. The molecule has 0 amide bonds. The monoisotopic (exact) mass is 215 g/mol. The van der Waals surface area contributed by atoms with Crippen LogP contribution in [0.4, 0.5) is 0 Å². The zero-order valence-corrected chi connectivity index (χ0v) is 9.86. The molecule has 2 aliphatic rings. The van der Waals surface area contributed by atoms with Gasteiger partial charge in [0.25, 0.3) is 0 Å². The third-order valence-electron chi connectivity index (χ3n) is 2.90. The van der Waals surface area contributed by atoms with Crippen molar-refractivity contribution < 1.29 is 4.79 Å². The summed E-state index contributed by atoms with van der Waals surface area (Å²) in [6.07, 6.45) is 12.8. The van der Waals surface area contributed by atoms with Gasteiger partial charge in [-0.3, -0.25) is 4.79 Å². The molecule has 0 saturated heterocycles. The van der Waals surface area contributed by atoms with Crippen molar-refractivity contribution >= 4 is 5.78 Å². The zero-order valence-electron chi connectivity index (χ0n) is 9.86. The Bertz CT molecular complexity index is 422. The average Bonchev–Trinajstić information content (AvgIpc) is 2.47. The summed E-state index contributed by atoms with van der Waals surface area (Å²) >= 11 is 0. The summed E-state index contributed by atoms with van der Waals surface area (Å²) in [4.78, 5) is 14.2. The Balaban J connectivity index is 2.33. The molecule has 84 valence electrons. The highest BCUT2D eigenvalue weighted by molar-refractivity contribution is 6.11. The van der Waals surface area contributed by atoms with Gasteiger partial charge < -0.3 is 4.90 Å². The van der Waals surface area contributed by atoms with Gasteiger partial charge in [0, 0.05) is 31.4 Å². The van der Waals surface area contributed by atoms with Gasteiger partial charge in [-0.1, -0.05) is 29.9 Å². The van der Waals surface area contributed by atoms with E-state index in [1.165, 1.54) is 5.57 Å². The van der Waals surface area contributed by atoms with E-state index < -0.39 is 0 Å². The molecule has 0 bridgehead atoms. The maximum absolute atomic E-state index is 12.2. The highest BCUT2D eigenvalue weighted by Crippen LogP contribution is 2.30. The first-order valence-electron chi connectivity index (χ1n) is 5.65. The molecule has 0 aromatic carbocycles. The van der Waals surface area contributed by atoms with Gasteiger partial charge in [0.15, 0.2) is 5.78 Å². The molecule has 0 atom stereocenters. The molecular formula is C14H17NO. The van der Waals surface area contributed by atoms with Crippen molar-refractivity contribution in [2.75, 3.05) is 14.1 Å². The Morgan fingerprint density at radius 3 is 2.81 bits per heavy atom. The van der Waals surface area contributed by atoms with Crippen LogP contribution in [0.5, 0.6) is 0 Å². The maximum atomic E-state index is 12.2.